The van der Waals surface area contributed by atoms with Crippen LogP contribution in [0.1, 0.15) is 21.5 Å². The van der Waals surface area contributed by atoms with Crippen LogP contribution in [-0.2, 0) is 6.61 Å². The molecule has 0 aliphatic carbocycles. The Labute approximate surface area is 201 Å². The van der Waals surface area contributed by atoms with E-state index >= 15 is 0 Å². The number of ether oxygens (including phenoxy) is 2. The largest absolute Gasteiger partial charge is 0.507 e. The summed E-state index contributed by atoms with van der Waals surface area (Å²) in [5, 5.41) is 14.5. The van der Waals surface area contributed by atoms with E-state index in [1.165, 1.54) is 25.5 Å². The van der Waals surface area contributed by atoms with Gasteiger partial charge < -0.3 is 14.6 Å². The Bertz CT molecular complexity index is 1120. The van der Waals surface area contributed by atoms with Crippen molar-refractivity contribution in [3.05, 3.63) is 85.3 Å². The van der Waals surface area contributed by atoms with Crippen LogP contribution in [0.2, 0.25) is 5.02 Å². The van der Waals surface area contributed by atoms with Gasteiger partial charge in [0, 0.05) is 16.7 Å². The van der Waals surface area contributed by atoms with Crippen LogP contribution in [0.4, 0.5) is 0 Å². The second-order valence-electron chi connectivity index (χ2n) is 6.28. The number of halogens is 3. The Balaban J connectivity index is 1.66. The van der Waals surface area contributed by atoms with E-state index in [0.29, 0.717) is 37.6 Å². The van der Waals surface area contributed by atoms with Crippen LogP contribution in [0.5, 0.6) is 17.2 Å². The highest BCUT2D eigenvalue weighted by Gasteiger charge is 2.12. The molecule has 0 saturated heterocycles. The van der Waals surface area contributed by atoms with Gasteiger partial charge in [-0.05, 0) is 67.8 Å². The van der Waals surface area contributed by atoms with Crippen LogP contribution in [0.15, 0.2) is 68.6 Å². The number of carbonyl (C=O) groups is 1. The standard InChI is InChI=1S/C22H17Br2ClN2O4/c1-30-15-6-7-16(20(28)10-15)22(29)27-26-11-13-8-17(23)21(18(24)9-13)31-12-14-4-2-3-5-19(14)25/h2-11,28H,12H2,1H3,(H,27,29)/b26-11-. The molecule has 0 spiro atoms. The number of hydrazone groups is 1. The highest BCUT2D eigenvalue weighted by molar-refractivity contribution is 9.11. The fourth-order valence-electron chi connectivity index (χ4n) is 2.61. The van der Waals surface area contributed by atoms with Crippen molar-refractivity contribution in [1.29, 1.82) is 0 Å². The van der Waals surface area contributed by atoms with E-state index in [9.17, 15) is 9.90 Å². The molecule has 0 radical (unpaired) electrons. The number of methoxy groups -OCH3 is 1. The average Bonchev–Trinajstić information content (AvgIpc) is 2.74. The molecule has 1 amide bonds. The number of rotatable bonds is 7. The van der Waals surface area contributed by atoms with Crippen molar-refractivity contribution in [3.8, 4) is 17.2 Å². The van der Waals surface area contributed by atoms with E-state index in [1.807, 2.05) is 24.3 Å². The van der Waals surface area contributed by atoms with Crippen molar-refractivity contribution in [2.45, 2.75) is 6.61 Å². The van der Waals surface area contributed by atoms with Gasteiger partial charge in [0.1, 0.15) is 23.9 Å². The molecular weight excluding hydrogens is 552 g/mol. The molecular formula is C22H17Br2ClN2O4. The third kappa shape index (κ3) is 6.00. The Kier molecular flexibility index (Phi) is 7.95. The molecule has 0 unspecified atom stereocenters. The van der Waals surface area contributed by atoms with E-state index in [0.717, 1.165) is 5.56 Å². The summed E-state index contributed by atoms with van der Waals surface area (Å²) in [6, 6.07) is 15.5. The summed E-state index contributed by atoms with van der Waals surface area (Å²) in [5.41, 5.74) is 4.06. The maximum atomic E-state index is 12.2. The molecule has 3 aromatic carbocycles. The van der Waals surface area contributed by atoms with Gasteiger partial charge in [-0.3, -0.25) is 4.79 Å². The van der Waals surface area contributed by atoms with Gasteiger partial charge in [-0.25, -0.2) is 5.43 Å². The monoisotopic (exact) mass is 566 g/mol. The summed E-state index contributed by atoms with van der Waals surface area (Å²) >= 11 is 13.1. The van der Waals surface area contributed by atoms with Crippen LogP contribution in [0.25, 0.3) is 0 Å². The minimum atomic E-state index is -0.547. The van der Waals surface area contributed by atoms with Gasteiger partial charge in [-0.2, -0.15) is 5.10 Å². The second-order valence-corrected chi connectivity index (χ2v) is 8.39. The topological polar surface area (TPSA) is 80.2 Å². The molecule has 0 aliphatic rings. The smallest absolute Gasteiger partial charge is 0.275 e. The Morgan fingerprint density at radius 2 is 1.87 bits per heavy atom. The van der Waals surface area contributed by atoms with Crippen molar-refractivity contribution in [2.24, 2.45) is 5.10 Å². The predicted octanol–water partition coefficient (Wildman–Crippen LogP) is 5.92. The van der Waals surface area contributed by atoms with Gasteiger partial charge in [0.15, 0.2) is 0 Å². The summed E-state index contributed by atoms with van der Waals surface area (Å²) in [6.45, 7) is 0.311. The summed E-state index contributed by atoms with van der Waals surface area (Å²) < 4.78 is 12.3. The molecule has 31 heavy (non-hydrogen) atoms. The third-order valence-electron chi connectivity index (χ3n) is 4.18. The number of benzene rings is 3. The first-order chi connectivity index (χ1) is 14.9. The van der Waals surface area contributed by atoms with Crippen molar-refractivity contribution in [2.75, 3.05) is 7.11 Å². The molecule has 0 bridgehead atoms. The minimum Gasteiger partial charge on any atom is -0.507 e. The zero-order chi connectivity index (χ0) is 22.4. The van der Waals surface area contributed by atoms with Crippen LogP contribution < -0.4 is 14.9 Å². The lowest BCUT2D eigenvalue weighted by molar-refractivity contribution is 0.0952. The van der Waals surface area contributed by atoms with E-state index in [1.54, 1.807) is 18.2 Å². The average molecular weight is 569 g/mol. The van der Waals surface area contributed by atoms with Gasteiger partial charge >= 0.3 is 0 Å². The van der Waals surface area contributed by atoms with Gasteiger partial charge in [0.05, 0.1) is 27.8 Å². The maximum Gasteiger partial charge on any atom is 0.275 e. The highest BCUT2D eigenvalue weighted by atomic mass is 79.9. The molecule has 0 saturated carbocycles. The first kappa shape index (κ1) is 23.1. The Morgan fingerprint density at radius 3 is 2.52 bits per heavy atom. The first-order valence-corrected chi connectivity index (χ1v) is 10.9. The summed E-state index contributed by atoms with van der Waals surface area (Å²) in [5.74, 6) is 0.320. The van der Waals surface area contributed by atoms with Gasteiger partial charge in [0.25, 0.3) is 5.91 Å². The number of hydrogen-bond acceptors (Lipinski definition) is 5. The number of nitrogens with zero attached hydrogens (tertiary/aromatic N) is 1. The van der Waals surface area contributed by atoms with Crippen molar-refractivity contribution in [3.63, 3.8) is 0 Å². The van der Waals surface area contributed by atoms with Gasteiger partial charge in [-0.15, -0.1) is 0 Å². The Hall–Kier alpha value is -2.55. The zero-order valence-electron chi connectivity index (χ0n) is 16.2. The SMILES string of the molecule is COc1ccc(C(=O)N/N=C\c2cc(Br)c(OCc3ccccc3Cl)c(Br)c2)c(O)c1. The van der Waals surface area contributed by atoms with Crippen LogP contribution >= 0.6 is 43.5 Å². The molecule has 3 rings (SSSR count). The van der Waals surface area contributed by atoms with E-state index in [2.05, 4.69) is 42.4 Å². The minimum absolute atomic E-state index is 0.0867. The lowest BCUT2D eigenvalue weighted by Gasteiger charge is -2.12. The summed E-state index contributed by atoms with van der Waals surface area (Å²) in [6.07, 6.45) is 1.48. The molecule has 0 aromatic heterocycles. The fourth-order valence-corrected chi connectivity index (χ4v) is 4.25. The fraction of sp³-hybridized carbons (Fsp3) is 0.0909. The van der Waals surface area contributed by atoms with Crippen LogP contribution in [0, 0.1) is 0 Å². The number of amides is 1. The Morgan fingerprint density at radius 1 is 1.16 bits per heavy atom. The number of carbonyl (C=O) groups excluding carboxylic acids is 1. The van der Waals surface area contributed by atoms with Crippen molar-refractivity contribution < 1.29 is 19.4 Å². The zero-order valence-corrected chi connectivity index (χ0v) is 20.2. The third-order valence-corrected chi connectivity index (χ3v) is 5.73. The predicted molar refractivity (Wildman–Crippen MR) is 127 cm³/mol. The van der Waals surface area contributed by atoms with Crippen molar-refractivity contribution in [1.82, 2.24) is 5.43 Å². The summed E-state index contributed by atoms with van der Waals surface area (Å²) in [7, 11) is 1.47. The molecule has 0 fully saturated rings. The highest BCUT2D eigenvalue weighted by Crippen LogP contribution is 2.35. The van der Waals surface area contributed by atoms with E-state index < -0.39 is 5.91 Å². The van der Waals surface area contributed by atoms with E-state index in [4.69, 9.17) is 21.1 Å². The molecule has 0 atom stereocenters. The van der Waals surface area contributed by atoms with Crippen LogP contribution in [0.3, 0.4) is 0 Å². The molecule has 0 heterocycles. The first-order valence-electron chi connectivity index (χ1n) is 8.94. The normalized spacial score (nSPS) is 10.8. The van der Waals surface area contributed by atoms with Crippen molar-refractivity contribution >= 4 is 55.6 Å². The quantitative estimate of drug-likeness (QED) is 0.274. The second kappa shape index (κ2) is 10.7. The molecule has 3 aromatic rings. The molecule has 2 N–H and O–H groups in total. The number of phenols is 1. The van der Waals surface area contributed by atoms with E-state index in [-0.39, 0.29) is 11.3 Å². The number of phenolic OH excluding ortho intramolecular Hbond substituents is 1. The molecule has 0 aliphatic heterocycles. The van der Waals surface area contributed by atoms with Gasteiger partial charge in [-0.1, -0.05) is 29.8 Å². The summed E-state index contributed by atoms with van der Waals surface area (Å²) in [4.78, 5) is 12.2. The van der Waals surface area contributed by atoms with Crippen LogP contribution in [-0.4, -0.2) is 24.3 Å². The number of aromatic hydroxyl groups is 1. The lowest BCUT2D eigenvalue weighted by Crippen LogP contribution is -2.17. The molecule has 6 nitrogen and oxygen atoms in total. The number of nitrogens with one attached hydrogen (secondary N) is 1. The number of hydrogen-bond donors (Lipinski definition) is 2. The lowest BCUT2D eigenvalue weighted by atomic mass is 10.2. The van der Waals surface area contributed by atoms with Gasteiger partial charge in [0.2, 0.25) is 0 Å². The molecule has 9 heteroatoms. The maximum absolute atomic E-state index is 12.2. The molecule has 160 valence electrons.